The molecule has 1 amide bonds. The van der Waals surface area contributed by atoms with Crippen molar-refractivity contribution in [3.05, 3.63) is 106 Å². The molecule has 0 fully saturated rings. The van der Waals surface area contributed by atoms with E-state index in [2.05, 4.69) is 10.3 Å². The number of fused-ring (bicyclic) bond motifs is 1. The Balaban J connectivity index is 1.51. The van der Waals surface area contributed by atoms with E-state index in [0.717, 1.165) is 17.5 Å². The van der Waals surface area contributed by atoms with Gasteiger partial charge in [0.25, 0.3) is 5.91 Å². The van der Waals surface area contributed by atoms with E-state index in [0.29, 0.717) is 16.7 Å². The van der Waals surface area contributed by atoms with E-state index in [9.17, 15) is 9.59 Å². The van der Waals surface area contributed by atoms with Crippen molar-refractivity contribution in [2.75, 3.05) is 5.32 Å². The highest BCUT2D eigenvalue weighted by Crippen LogP contribution is 2.16. The summed E-state index contributed by atoms with van der Waals surface area (Å²) in [6, 6.07) is 20.1. The molecule has 2 heterocycles. The number of benzene rings is 2. The summed E-state index contributed by atoms with van der Waals surface area (Å²) in [5.41, 5.74) is 2.68. The minimum atomic E-state index is -0.652. The summed E-state index contributed by atoms with van der Waals surface area (Å²) in [5, 5.41) is 3.45. The summed E-state index contributed by atoms with van der Waals surface area (Å²) in [7, 11) is 0. The average Bonchev–Trinajstić information content (AvgIpc) is 2.69. The van der Waals surface area contributed by atoms with Gasteiger partial charge in [-0.3, -0.25) is 9.78 Å². The lowest BCUT2D eigenvalue weighted by Gasteiger charge is -2.07. The van der Waals surface area contributed by atoms with Crippen molar-refractivity contribution in [2.45, 2.75) is 6.42 Å². The van der Waals surface area contributed by atoms with Gasteiger partial charge in [0.15, 0.2) is 0 Å². The molecule has 0 aliphatic heterocycles. The minimum absolute atomic E-state index is 0.0189. The Labute approximate surface area is 155 Å². The normalized spacial score (nSPS) is 10.7. The molecular formula is C22H16N2O3. The van der Waals surface area contributed by atoms with E-state index >= 15 is 0 Å². The quantitative estimate of drug-likeness (QED) is 0.560. The number of hydrogen-bond acceptors (Lipinski definition) is 4. The van der Waals surface area contributed by atoms with Crippen molar-refractivity contribution < 1.29 is 9.21 Å². The first-order valence-corrected chi connectivity index (χ1v) is 8.51. The molecule has 0 atom stereocenters. The summed E-state index contributed by atoms with van der Waals surface area (Å²) in [4.78, 5) is 28.6. The average molecular weight is 356 g/mol. The molecule has 0 spiro atoms. The van der Waals surface area contributed by atoms with Gasteiger partial charge in [0.2, 0.25) is 0 Å². The van der Waals surface area contributed by atoms with Gasteiger partial charge >= 0.3 is 5.63 Å². The number of carbonyl (C=O) groups is 1. The van der Waals surface area contributed by atoms with Crippen LogP contribution in [0.25, 0.3) is 11.0 Å². The van der Waals surface area contributed by atoms with Crippen LogP contribution < -0.4 is 10.9 Å². The molecule has 4 rings (SSSR count). The molecule has 1 N–H and O–H groups in total. The molecule has 5 heteroatoms. The highest BCUT2D eigenvalue weighted by molar-refractivity contribution is 6.05. The Morgan fingerprint density at radius 2 is 1.63 bits per heavy atom. The molecule has 2 aromatic heterocycles. The minimum Gasteiger partial charge on any atom is -0.422 e. The van der Waals surface area contributed by atoms with E-state index in [1.165, 1.54) is 0 Å². The van der Waals surface area contributed by atoms with E-state index in [-0.39, 0.29) is 5.56 Å². The molecule has 4 aromatic rings. The number of pyridine rings is 1. The molecule has 0 saturated heterocycles. The van der Waals surface area contributed by atoms with Crippen molar-refractivity contribution in [2.24, 2.45) is 0 Å². The predicted molar refractivity (Wildman–Crippen MR) is 104 cm³/mol. The van der Waals surface area contributed by atoms with E-state index < -0.39 is 11.5 Å². The van der Waals surface area contributed by atoms with Crippen LogP contribution >= 0.6 is 0 Å². The first-order chi connectivity index (χ1) is 13.2. The van der Waals surface area contributed by atoms with Gasteiger partial charge in [-0.2, -0.15) is 0 Å². The van der Waals surface area contributed by atoms with Crippen LogP contribution in [0.2, 0.25) is 0 Å². The second-order valence-electron chi connectivity index (χ2n) is 6.17. The Morgan fingerprint density at radius 3 is 2.41 bits per heavy atom. The van der Waals surface area contributed by atoms with Crippen LogP contribution in [0.5, 0.6) is 0 Å². The van der Waals surface area contributed by atoms with Gasteiger partial charge in [-0.05, 0) is 53.9 Å². The second kappa shape index (κ2) is 7.25. The number of nitrogens with one attached hydrogen (secondary N) is 1. The third-order valence-electron chi connectivity index (χ3n) is 4.26. The van der Waals surface area contributed by atoms with Crippen molar-refractivity contribution in [3.63, 3.8) is 0 Å². The topological polar surface area (TPSA) is 72.2 Å². The van der Waals surface area contributed by atoms with Gasteiger partial charge in [0, 0.05) is 23.5 Å². The van der Waals surface area contributed by atoms with Crippen LogP contribution in [0, 0.1) is 0 Å². The van der Waals surface area contributed by atoms with Crippen molar-refractivity contribution in [1.29, 1.82) is 0 Å². The number of nitrogens with zero attached hydrogens (tertiary/aromatic N) is 1. The highest BCUT2D eigenvalue weighted by atomic mass is 16.4. The number of amides is 1. The molecule has 0 aliphatic carbocycles. The molecule has 27 heavy (non-hydrogen) atoms. The maximum absolute atomic E-state index is 12.5. The van der Waals surface area contributed by atoms with E-state index in [1.54, 1.807) is 36.7 Å². The van der Waals surface area contributed by atoms with E-state index in [4.69, 9.17) is 4.42 Å². The SMILES string of the molecule is O=C(Nc1ccc(Cc2ccncc2)cc1)c1cc2ccccc2oc1=O. The van der Waals surface area contributed by atoms with Crippen LogP contribution in [0.4, 0.5) is 5.69 Å². The lowest BCUT2D eigenvalue weighted by molar-refractivity contribution is 0.102. The number of rotatable bonds is 4. The maximum Gasteiger partial charge on any atom is 0.349 e. The van der Waals surface area contributed by atoms with Crippen LogP contribution in [0.3, 0.4) is 0 Å². The fourth-order valence-electron chi connectivity index (χ4n) is 2.86. The van der Waals surface area contributed by atoms with Crippen LogP contribution in [0.15, 0.2) is 88.3 Å². The number of anilines is 1. The van der Waals surface area contributed by atoms with Crippen molar-refractivity contribution in [3.8, 4) is 0 Å². The van der Waals surface area contributed by atoms with Gasteiger partial charge in [-0.25, -0.2) is 4.79 Å². The summed E-state index contributed by atoms with van der Waals surface area (Å²) < 4.78 is 5.22. The van der Waals surface area contributed by atoms with Crippen molar-refractivity contribution >= 4 is 22.6 Å². The zero-order valence-corrected chi connectivity index (χ0v) is 14.4. The van der Waals surface area contributed by atoms with Gasteiger partial charge in [0.05, 0.1) is 0 Å². The lowest BCUT2D eigenvalue weighted by Crippen LogP contribution is -2.20. The summed E-state index contributed by atoms with van der Waals surface area (Å²) in [6.07, 6.45) is 4.31. The summed E-state index contributed by atoms with van der Waals surface area (Å²) >= 11 is 0. The number of para-hydroxylation sites is 1. The Bertz CT molecular complexity index is 1150. The van der Waals surface area contributed by atoms with Crippen LogP contribution in [-0.2, 0) is 6.42 Å². The third kappa shape index (κ3) is 3.77. The van der Waals surface area contributed by atoms with Crippen LogP contribution in [0.1, 0.15) is 21.5 Å². The predicted octanol–water partition coefficient (Wildman–Crippen LogP) is 4.03. The van der Waals surface area contributed by atoms with E-state index in [1.807, 2.05) is 42.5 Å². The molecule has 132 valence electrons. The number of hydrogen-bond donors (Lipinski definition) is 1. The smallest absolute Gasteiger partial charge is 0.349 e. The zero-order valence-electron chi connectivity index (χ0n) is 14.4. The summed E-state index contributed by atoms with van der Waals surface area (Å²) in [6.45, 7) is 0. The first kappa shape index (κ1) is 16.7. The molecule has 0 aliphatic rings. The van der Waals surface area contributed by atoms with Gasteiger partial charge < -0.3 is 9.73 Å². The van der Waals surface area contributed by atoms with Gasteiger partial charge in [-0.15, -0.1) is 0 Å². The number of carbonyl (C=O) groups excluding carboxylic acids is 1. The lowest BCUT2D eigenvalue weighted by atomic mass is 10.1. The second-order valence-corrected chi connectivity index (χ2v) is 6.17. The van der Waals surface area contributed by atoms with Gasteiger partial charge in [-0.1, -0.05) is 30.3 Å². The first-order valence-electron chi connectivity index (χ1n) is 8.51. The maximum atomic E-state index is 12.5. The molecule has 0 radical (unpaired) electrons. The largest absolute Gasteiger partial charge is 0.422 e. The fourth-order valence-corrected chi connectivity index (χ4v) is 2.86. The summed E-state index contributed by atoms with van der Waals surface area (Å²) in [5.74, 6) is -0.489. The molecular weight excluding hydrogens is 340 g/mol. The van der Waals surface area contributed by atoms with Crippen molar-refractivity contribution in [1.82, 2.24) is 4.98 Å². The Hall–Kier alpha value is -3.73. The Morgan fingerprint density at radius 1 is 0.926 bits per heavy atom. The Kier molecular flexibility index (Phi) is 4.49. The molecule has 2 aromatic carbocycles. The molecule has 0 bridgehead atoms. The standard InChI is InChI=1S/C22H16N2O3/c25-21(19-14-17-3-1-2-4-20(17)27-22(19)26)24-18-7-5-15(6-8-18)13-16-9-11-23-12-10-16/h1-12,14H,13H2,(H,24,25). The highest BCUT2D eigenvalue weighted by Gasteiger charge is 2.13. The molecule has 5 nitrogen and oxygen atoms in total. The molecule has 0 saturated carbocycles. The monoisotopic (exact) mass is 356 g/mol. The van der Waals surface area contributed by atoms with Crippen LogP contribution in [-0.4, -0.2) is 10.9 Å². The number of aromatic nitrogens is 1. The molecule has 0 unspecified atom stereocenters. The third-order valence-corrected chi connectivity index (χ3v) is 4.26. The fraction of sp³-hybridized carbons (Fsp3) is 0.0455. The zero-order chi connectivity index (χ0) is 18.6. The van der Waals surface area contributed by atoms with Gasteiger partial charge in [0.1, 0.15) is 11.1 Å².